The third-order valence-corrected chi connectivity index (χ3v) is 7.14. The van der Waals surface area contributed by atoms with Crippen LogP contribution < -0.4 is 14.5 Å². The molecule has 3 aromatic rings. The van der Waals surface area contributed by atoms with Crippen molar-refractivity contribution >= 4 is 39.4 Å². The van der Waals surface area contributed by atoms with Crippen molar-refractivity contribution in [1.82, 2.24) is 4.57 Å². The standard InChI is InChI=1S/C24H31N4S2/c1-3-29-30-20-19-28-18-17-27(21-28)14-4-13-25-24-9-7-22(8-10-24)5-6-23-11-15-26(2)16-12-23/h5-12,15-18,21H,3-4,13-14,19-20H2,1-2H3/q+1/p+1. The van der Waals surface area contributed by atoms with Crippen molar-refractivity contribution in [3.05, 3.63) is 78.6 Å². The zero-order chi connectivity index (χ0) is 21.0. The van der Waals surface area contributed by atoms with Crippen LogP contribution in [-0.4, -0.2) is 22.6 Å². The number of imidazole rings is 1. The van der Waals surface area contributed by atoms with Gasteiger partial charge in [-0.3, -0.25) is 0 Å². The van der Waals surface area contributed by atoms with E-state index in [2.05, 4.69) is 101 Å². The number of hydrogen-bond acceptors (Lipinski definition) is 3. The molecule has 2 aromatic heterocycles. The van der Waals surface area contributed by atoms with E-state index in [1.54, 1.807) is 0 Å². The number of anilines is 1. The Kier molecular flexibility index (Phi) is 9.38. The van der Waals surface area contributed by atoms with Crippen LogP contribution in [0.5, 0.6) is 0 Å². The van der Waals surface area contributed by atoms with E-state index in [1.165, 1.54) is 22.6 Å². The summed E-state index contributed by atoms with van der Waals surface area (Å²) in [5.74, 6) is 2.33. The fourth-order valence-corrected chi connectivity index (χ4v) is 4.66. The normalized spacial score (nSPS) is 11.3. The van der Waals surface area contributed by atoms with E-state index in [0.29, 0.717) is 0 Å². The molecule has 2 heterocycles. The van der Waals surface area contributed by atoms with Gasteiger partial charge in [-0.15, -0.1) is 0 Å². The quantitative estimate of drug-likeness (QED) is 0.252. The molecule has 0 amide bonds. The average Bonchev–Trinajstić information content (AvgIpc) is 3.22. The zero-order valence-electron chi connectivity index (χ0n) is 17.9. The Hall–Kier alpha value is -2.18. The van der Waals surface area contributed by atoms with E-state index < -0.39 is 0 Å². The van der Waals surface area contributed by atoms with E-state index in [1.807, 2.05) is 33.2 Å². The Bertz CT molecular complexity index is 902. The summed E-state index contributed by atoms with van der Waals surface area (Å²) >= 11 is 0. The molecule has 1 aromatic carbocycles. The van der Waals surface area contributed by atoms with Crippen LogP contribution in [0.3, 0.4) is 0 Å². The van der Waals surface area contributed by atoms with Crippen LogP contribution in [0.4, 0.5) is 5.69 Å². The van der Waals surface area contributed by atoms with E-state index in [9.17, 15) is 0 Å². The van der Waals surface area contributed by atoms with Crippen molar-refractivity contribution in [3.8, 4) is 0 Å². The van der Waals surface area contributed by atoms with Crippen LogP contribution in [0, 0.1) is 0 Å². The molecule has 30 heavy (non-hydrogen) atoms. The van der Waals surface area contributed by atoms with Crippen LogP contribution in [0.1, 0.15) is 24.5 Å². The summed E-state index contributed by atoms with van der Waals surface area (Å²) in [6.07, 6.45) is 16.1. The SMILES string of the molecule is CCSSCC[n+]1ccn(CCCNc2ccc(/C=C/c3cc[n+](C)cc3)cc2)c1. The number of rotatable bonds is 12. The minimum Gasteiger partial charge on any atom is -0.385 e. The lowest BCUT2D eigenvalue weighted by molar-refractivity contribution is -0.691. The molecule has 4 nitrogen and oxygen atoms in total. The van der Waals surface area contributed by atoms with E-state index in [4.69, 9.17) is 0 Å². The second kappa shape index (κ2) is 12.5. The lowest BCUT2D eigenvalue weighted by Gasteiger charge is -2.05. The van der Waals surface area contributed by atoms with Crippen LogP contribution in [0.15, 0.2) is 67.5 Å². The Morgan fingerprint density at radius 3 is 2.43 bits per heavy atom. The molecule has 0 aliphatic heterocycles. The highest BCUT2D eigenvalue weighted by Gasteiger charge is 2.03. The van der Waals surface area contributed by atoms with Crippen LogP contribution in [0.25, 0.3) is 12.2 Å². The van der Waals surface area contributed by atoms with E-state index in [0.717, 1.165) is 31.8 Å². The predicted octanol–water partition coefficient (Wildman–Crippen LogP) is 4.67. The molecule has 0 bridgehead atoms. The number of aryl methyl sites for hydroxylation is 3. The highest BCUT2D eigenvalue weighted by atomic mass is 33.1. The predicted molar refractivity (Wildman–Crippen MR) is 131 cm³/mol. The molecule has 0 atom stereocenters. The second-order valence-corrected chi connectivity index (χ2v) is 10.0. The minimum atomic E-state index is 0.970. The second-order valence-electron chi connectivity index (χ2n) is 7.15. The van der Waals surface area contributed by atoms with Crippen molar-refractivity contribution in [3.63, 3.8) is 0 Å². The van der Waals surface area contributed by atoms with Crippen LogP contribution >= 0.6 is 21.6 Å². The molecule has 3 rings (SSSR count). The van der Waals surface area contributed by atoms with Gasteiger partial charge in [0.1, 0.15) is 19.4 Å². The molecule has 0 spiro atoms. The largest absolute Gasteiger partial charge is 0.385 e. The van der Waals surface area contributed by atoms with Gasteiger partial charge in [0.15, 0.2) is 12.4 Å². The van der Waals surface area contributed by atoms with Gasteiger partial charge in [0.25, 0.3) is 0 Å². The first kappa shape index (κ1) is 22.5. The first-order chi connectivity index (χ1) is 14.7. The van der Waals surface area contributed by atoms with Crippen molar-refractivity contribution in [2.24, 2.45) is 7.05 Å². The molecule has 0 unspecified atom stereocenters. The Labute approximate surface area is 188 Å². The van der Waals surface area contributed by atoms with Gasteiger partial charge in [-0.25, -0.2) is 13.7 Å². The molecule has 0 saturated heterocycles. The number of hydrogen-bond donors (Lipinski definition) is 1. The lowest BCUT2D eigenvalue weighted by Crippen LogP contribution is -2.32. The smallest absolute Gasteiger partial charge is 0.243 e. The summed E-state index contributed by atoms with van der Waals surface area (Å²) in [4.78, 5) is 0. The van der Waals surface area contributed by atoms with E-state index in [-0.39, 0.29) is 0 Å². The molecule has 0 saturated carbocycles. The van der Waals surface area contributed by atoms with Gasteiger partial charge in [0.05, 0.1) is 13.1 Å². The third kappa shape index (κ3) is 7.92. The molecule has 6 heteroatoms. The Morgan fingerprint density at radius 2 is 1.70 bits per heavy atom. The molecular weight excluding hydrogens is 408 g/mol. The number of nitrogens with zero attached hydrogens (tertiary/aromatic N) is 3. The summed E-state index contributed by atoms with van der Waals surface area (Å²) in [6.45, 7) is 5.28. The summed E-state index contributed by atoms with van der Waals surface area (Å²) in [7, 11) is 5.92. The number of benzene rings is 1. The summed E-state index contributed by atoms with van der Waals surface area (Å²) < 4.78 is 6.59. The highest BCUT2D eigenvalue weighted by Crippen LogP contribution is 2.19. The number of pyridine rings is 1. The van der Waals surface area contributed by atoms with Crippen molar-refractivity contribution in [2.45, 2.75) is 26.4 Å². The molecule has 0 radical (unpaired) electrons. The number of aromatic nitrogens is 3. The van der Waals surface area contributed by atoms with Gasteiger partial charge >= 0.3 is 0 Å². The maximum Gasteiger partial charge on any atom is 0.243 e. The van der Waals surface area contributed by atoms with Gasteiger partial charge in [0, 0.05) is 42.3 Å². The van der Waals surface area contributed by atoms with Gasteiger partial charge in [-0.1, -0.05) is 52.8 Å². The fraction of sp³-hybridized carbons (Fsp3) is 0.333. The Morgan fingerprint density at radius 1 is 0.967 bits per heavy atom. The average molecular weight is 441 g/mol. The fourth-order valence-electron chi connectivity index (χ4n) is 3.01. The summed E-state index contributed by atoms with van der Waals surface area (Å²) in [6, 6.07) is 12.9. The lowest BCUT2D eigenvalue weighted by atomic mass is 10.1. The molecule has 0 aliphatic carbocycles. The third-order valence-electron chi connectivity index (χ3n) is 4.69. The van der Waals surface area contributed by atoms with E-state index >= 15 is 0 Å². The topological polar surface area (TPSA) is 24.7 Å². The maximum atomic E-state index is 3.52. The molecule has 0 fully saturated rings. The van der Waals surface area contributed by atoms with Crippen LogP contribution in [0.2, 0.25) is 0 Å². The van der Waals surface area contributed by atoms with Gasteiger partial charge in [0.2, 0.25) is 6.33 Å². The Balaban J connectivity index is 1.36. The molecule has 0 aliphatic rings. The number of nitrogens with one attached hydrogen (secondary N) is 1. The first-order valence-electron chi connectivity index (χ1n) is 10.5. The van der Waals surface area contributed by atoms with Crippen molar-refractivity contribution in [1.29, 1.82) is 0 Å². The van der Waals surface area contributed by atoms with Gasteiger partial charge in [-0.05, 0) is 23.3 Å². The minimum absolute atomic E-state index is 0.970. The molecule has 1 N–H and O–H groups in total. The summed E-state index contributed by atoms with van der Waals surface area (Å²) in [5, 5.41) is 3.52. The van der Waals surface area contributed by atoms with Crippen molar-refractivity contribution in [2.75, 3.05) is 23.4 Å². The summed E-state index contributed by atoms with van der Waals surface area (Å²) in [5.41, 5.74) is 3.59. The van der Waals surface area contributed by atoms with Gasteiger partial charge in [-0.2, -0.15) is 0 Å². The van der Waals surface area contributed by atoms with Crippen LogP contribution in [-0.2, 0) is 20.1 Å². The highest BCUT2D eigenvalue weighted by molar-refractivity contribution is 8.76. The first-order valence-corrected chi connectivity index (χ1v) is 13.0. The molecular formula is C24H32N4S2+2. The van der Waals surface area contributed by atoms with Crippen molar-refractivity contribution < 1.29 is 9.13 Å². The molecule has 158 valence electrons. The van der Waals surface area contributed by atoms with Gasteiger partial charge < -0.3 is 5.32 Å². The zero-order valence-corrected chi connectivity index (χ0v) is 19.5. The maximum absolute atomic E-state index is 3.52. The monoisotopic (exact) mass is 440 g/mol.